The maximum atomic E-state index is 12.1. The van der Waals surface area contributed by atoms with Gasteiger partial charge in [0.25, 0.3) is 0 Å². The minimum Gasteiger partial charge on any atom is -0.313 e. The second-order valence-electron chi connectivity index (χ2n) is 4.71. The average molecular weight is 271 g/mol. The van der Waals surface area contributed by atoms with E-state index in [1.165, 1.54) is 6.20 Å². The number of nitrogens with one attached hydrogen (secondary N) is 2. The molecule has 0 bridgehead atoms. The van der Waals surface area contributed by atoms with Gasteiger partial charge in [0.05, 0.1) is 17.1 Å². The van der Waals surface area contributed by atoms with Crippen molar-refractivity contribution in [3.05, 3.63) is 24.0 Å². The Kier molecular flexibility index (Phi) is 5.10. The lowest BCUT2D eigenvalue weighted by molar-refractivity contribution is 0.553. The van der Waals surface area contributed by atoms with Crippen LogP contribution < -0.4 is 10.0 Å². The van der Waals surface area contributed by atoms with E-state index in [0.29, 0.717) is 12.2 Å². The van der Waals surface area contributed by atoms with Gasteiger partial charge in [0, 0.05) is 18.8 Å². The molecule has 0 aliphatic rings. The minimum absolute atomic E-state index is 0.266. The molecule has 2 N–H and O–H groups in total. The van der Waals surface area contributed by atoms with Gasteiger partial charge in [0.15, 0.2) is 0 Å². The molecule has 0 amide bonds. The van der Waals surface area contributed by atoms with Crippen molar-refractivity contribution in [2.75, 3.05) is 11.3 Å². The maximum Gasteiger partial charge on any atom is 0.236 e. The highest BCUT2D eigenvalue weighted by atomic mass is 32.2. The van der Waals surface area contributed by atoms with Gasteiger partial charge in [0.2, 0.25) is 10.0 Å². The zero-order valence-corrected chi connectivity index (χ0v) is 12.1. The predicted molar refractivity (Wildman–Crippen MR) is 74.1 cm³/mol. The topological polar surface area (TPSA) is 71.1 Å². The molecular formula is C12H21N3O2S. The van der Waals surface area contributed by atoms with Gasteiger partial charge in [0.1, 0.15) is 0 Å². The number of hydrogen-bond donors (Lipinski definition) is 2. The summed E-state index contributed by atoms with van der Waals surface area (Å²) in [7, 11) is -3.38. The molecule has 5 nitrogen and oxygen atoms in total. The van der Waals surface area contributed by atoms with Crippen LogP contribution in [0.1, 0.15) is 26.3 Å². The zero-order chi connectivity index (χ0) is 13.8. The van der Waals surface area contributed by atoms with E-state index in [-0.39, 0.29) is 6.04 Å². The lowest BCUT2D eigenvalue weighted by Crippen LogP contribution is -2.37. The summed E-state index contributed by atoms with van der Waals surface area (Å²) in [5, 5.41) is 2.62. The van der Waals surface area contributed by atoms with Crippen molar-refractivity contribution in [3.8, 4) is 0 Å². The summed E-state index contributed by atoms with van der Waals surface area (Å²) in [5.41, 5.74) is 1.39. The van der Waals surface area contributed by atoms with Crippen LogP contribution in [-0.2, 0) is 10.0 Å². The molecule has 1 aromatic heterocycles. The number of rotatable bonds is 6. The SMILES string of the molecule is Cc1ccncc1NS(=O)(=O)C(C)CNC(C)C. The van der Waals surface area contributed by atoms with E-state index in [2.05, 4.69) is 15.0 Å². The van der Waals surface area contributed by atoms with Crippen molar-refractivity contribution < 1.29 is 8.42 Å². The third-order valence-electron chi connectivity index (χ3n) is 2.63. The number of sulfonamides is 1. The van der Waals surface area contributed by atoms with Crippen LogP contribution in [-0.4, -0.2) is 31.2 Å². The molecule has 1 unspecified atom stereocenters. The van der Waals surface area contributed by atoms with E-state index >= 15 is 0 Å². The fraction of sp³-hybridized carbons (Fsp3) is 0.583. The molecule has 6 heteroatoms. The molecule has 1 atom stereocenters. The molecule has 0 radical (unpaired) electrons. The first-order valence-electron chi connectivity index (χ1n) is 5.98. The maximum absolute atomic E-state index is 12.1. The van der Waals surface area contributed by atoms with Crippen molar-refractivity contribution in [3.63, 3.8) is 0 Å². The standard InChI is InChI=1S/C12H21N3O2S/c1-9(2)14-7-11(4)18(16,17)15-12-8-13-6-5-10(12)3/h5-6,8-9,11,14-15H,7H2,1-4H3. The number of aromatic nitrogens is 1. The summed E-state index contributed by atoms with van der Waals surface area (Å²) in [6, 6.07) is 2.04. The van der Waals surface area contributed by atoms with E-state index < -0.39 is 15.3 Å². The predicted octanol–water partition coefficient (Wildman–Crippen LogP) is 1.52. The van der Waals surface area contributed by atoms with Gasteiger partial charge in [-0.05, 0) is 25.5 Å². The fourth-order valence-electron chi connectivity index (χ4n) is 1.34. The Balaban J connectivity index is 2.73. The fourth-order valence-corrected chi connectivity index (χ4v) is 2.37. The second kappa shape index (κ2) is 6.15. The van der Waals surface area contributed by atoms with Crippen LogP contribution >= 0.6 is 0 Å². The number of pyridine rings is 1. The largest absolute Gasteiger partial charge is 0.313 e. The molecule has 0 saturated carbocycles. The van der Waals surface area contributed by atoms with E-state index in [9.17, 15) is 8.42 Å². The van der Waals surface area contributed by atoms with E-state index in [1.807, 2.05) is 20.8 Å². The lowest BCUT2D eigenvalue weighted by atomic mass is 10.3. The van der Waals surface area contributed by atoms with E-state index in [0.717, 1.165) is 5.56 Å². The monoisotopic (exact) mass is 271 g/mol. The van der Waals surface area contributed by atoms with Crippen molar-refractivity contribution in [1.82, 2.24) is 10.3 Å². The summed E-state index contributed by atoms with van der Waals surface area (Å²) in [4.78, 5) is 3.92. The Hall–Kier alpha value is -1.14. The number of aryl methyl sites for hydroxylation is 1. The van der Waals surface area contributed by atoms with Crippen LogP contribution in [0.3, 0.4) is 0 Å². The van der Waals surface area contributed by atoms with E-state index in [1.54, 1.807) is 19.2 Å². The Bertz CT molecular complexity index is 486. The molecule has 1 heterocycles. The number of anilines is 1. The molecule has 0 aliphatic heterocycles. The summed E-state index contributed by atoms with van der Waals surface area (Å²) in [6.45, 7) is 7.92. The molecule has 0 saturated heterocycles. The van der Waals surface area contributed by atoms with Crippen LogP contribution in [0.5, 0.6) is 0 Å². The summed E-state index contributed by atoms with van der Waals surface area (Å²) >= 11 is 0. The van der Waals surface area contributed by atoms with Crippen molar-refractivity contribution in [2.45, 2.75) is 39.0 Å². The Morgan fingerprint density at radius 1 is 1.33 bits per heavy atom. The quantitative estimate of drug-likeness (QED) is 0.823. The van der Waals surface area contributed by atoms with Gasteiger partial charge in [-0.2, -0.15) is 0 Å². The van der Waals surface area contributed by atoms with Crippen molar-refractivity contribution >= 4 is 15.7 Å². The summed E-state index contributed by atoms with van der Waals surface area (Å²) in [6.07, 6.45) is 3.16. The lowest BCUT2D eigenvalue weighted by Gasteiger charge is -2.17. The molecule has 0 spiro atoms. The second-order valence-corrected chi connectivity index (χ2v) is 6.81. The Morgan fingerprint density at radius 3 is 2.56 bits per heavy atom. The molecule has 0 fully saturated rings. The molecular weight excluding hydrogens is 250 g/mol. The highest BCUT2D eigenvalue weighted by Crippen LogP contribution is 2.15. The zero-order valence-electron chi connectivity index (χ0n) is 11.3. The Morgan fingerprint density at radius 2 is 2.00 bits per heavy atom. The first-order chi connectivity index (χ1) is 8.33. The minimum atomic E-state index is -3.38. The van der Waals surface area contributed by atoms with Crippen LogP contribution in [0.25, 0.3) is 0 Å². The van der Waals surface area contributed by atoms with Gasteiger partial charge in [-0.15, -0.1) is 0 Å². The van der Waals surface area contributed by atoms with Crippen LogP contribution in [0.4, 0.5) is 5.69 Å². The van der Waals surface area contributed by atoms with Gasteiger partial charge >= 0.3 is 0 Å². The molecule has 1 aromatic rings. The number of nitrogens with zero attached hydrogens (tertiary/aromatic N) is 1. The summed E-state index contributed by atoms with van der Waals surface area (Å²) < 4.78 is 26.8. The van der Waals surface area contributed by atoms with Gasteiger partial charge in [-0.25, -0.2) is 8.42 Å². The molecule has 102 valence electrons. The molecule has 18 heavy (non-hydrogen) atoms. The highest BCUT2D eigenvalue weighted by Gasteiger charge is 2.21. The third-order valence-corrected chi connectivity index (χ3v) is 4.37. The average Bonchev–Trinajstić information content (AvgIpc) is 2.28. The summed E-state index contributed by atoms with van der Waals surface area (Å²) in [5.74, 6) is 0. The van der Waals surface area contributed by atoms with Crippen LogP contribution in [0.15, 0.2) is 18.5 Å². The van der Waals surface area contributed by atoms with Crippen LogP contribution in [0, 0.1) is 6.92 Å². The smallest absolute Gasteiger partial charge is 0.236 e. The van der Waals surface area contributed by atoms with Gasteiger partial charge in [-0.1, -0.05) is 13.8 Å². The molecule has 0 aromatic carbocycles. The van der Waals surface area contributed by atoms with Gasteiger partial charge in [-0.3, -0.25) is 9.71 Å². The Labute approximate surface area is 109 Å². The van der Waals surface area contributed by atoms with Crippen molar-refractivity contribution in [2.24, 2.45) is 0 Å². The first kappa shape index (κ1) is 14.9. The van der Waals surface area contributed by atoms with Gasteiger partial charge < -0.3 is 5.32 Å². The molecule has 0 aliphatic carbocycles. The van der Waals surface area contributed by atoms with Crippen molar-refractivity contribution in [1.29, 1.82) is 0 Å². The highest BCUT2D eigenvalue weighted by molar-refractivity contribution is 7.93. The van der Waals surface area contributed by atoms with E-state index in [4.69, 9.17) is 0 Å². The number of hydrogen-bond acceptors (Lipinski definition) is 4. The normalized spacial score (nSPS) is 13.6. The molecule has 1 rings (SSSR count). The first-order valence-corrected chi connectivity index (χ1v) is 7.53. The van der Waals surface area contributed by atoms with Crippen LogP contribution in [0.2, 0.25) is 0 Å². The third kappa shape index (κ3) is 4.27.